The van der Waals surface area contributed by atoms with Crippen LogP contribution in [0.25, 0.3) is 5.57 Å². The third kappa shape index (κ3) is 14.9. The minimum absolute atomic E-state index is 0.00797. The van der Waals surface area contributed by atoms with Crippen molar-refractivity contribution in [2.75, 3.05) is 20.2 Å². The summed E-state index contributed by atoms with van der Waals surface area (Å²) in [6, 6.07) is 9.94. The van der Waals surface area contributed by atoms with Crippen LogP contribution >= 0.6 is 0 Å². The molecule has 1 unspecified atom stereocenters. The lowest BCUT2D eigenvalue weighted by Gasteiger charge is -2.42. The topological polar surface area (TPSA) is 122 Å². The number of methoxy groups -OCH3 is 1. The maximum absolute atomic E-state index is 13.3. The van der Waals surface area contributed by atoms with E-state index in [-0.39, 0.29) is 47.9 Å². The third-order valence-corrected chi connectivity index (χ3v) is 13.8. The number of ether oxygens (including phenoxy) is 1. The zero-order valence-electron chi connectivity index (χ0n) is 42.5. The number of nitrogens with one attached hydrogen (secondary N) is 1. The second kappa shape index (κ2) is 26.2. The molecule has 67 heavy (non-hydrogen) atoms. The van der Waals surface area contributed by atoms with E-state index in [1.165, 1.54) is 75.0 Å². The van der Waals surface area contributed by atoms with Gasteiger partial charge in [0.2, 0.25) is 11.8 Å². The highest BCUT2D eigenvalue weighted by atomic mass is 19.3. The molecule has 2 amide bonds. The van der Waals surface area contributed by atoms with Crippen LogP contribution in [0.4, 0.5) is 8.78 Å². The second-order valence-corrected chi connectivity index (χ2v) is 19.2. The summed E-state index contributed by atoms with van der Waals surface area (Å²) in [7, 11) is 1.59. The van der Waals surface area contributed by atoms with Gasteiger partial charge in [-0.3, -0.25) is 34.3 Å². The smallest absolute Gasteiger partial charge is 0.251 e. The number of piperidine rings is 1. The van der Waals surface area contributed by atoms with Crippen LogP contribution in [0.15, 0.2) is 48.3 Å². The molecule has 6 rings (SSSR count). The fraction of sp³-hybridized carbons (Fsp3) is 0.600. The highest BCUT2D eigenvalue weighted by Gasteiger charge is 2.36. The van der Waals surface area contributed by atoms with Gasteiger partial charge in [0.1, 0.15) is 17.4 Å². The summed E-state index contributed by atoms with van der Waals surface area (Å²) in [5.74, 6) is 0.685. The van der Waals surface area contributed by atoms with Crippen LogP contribution in [0.3, 0.4) is 0 Å². The number of nitrogens with zero attached hydrogens (tertiary/aromatic N) is 4. The predicted octanol–water partition coefficient (Wildman–Crippen LogP) is 11.9. The molecule has 1 saturated heterocycles. The number of hydrogen-bond donors (Lipinski definition) is 1. The summed E-state index contributed by atoms with van der Waals surface area (Å²) in [6.45, 7) is 21.7. The van der Waals surface area contributed by atoms with Gasteiger partial charge in [0, 0.05) is 66.1 Å². The number of aromatic nitrogens is 2. The maximum Gasteiger partial charge on any atom is 0.251 e. The lowest BCUT2D eigenvalue weighted by Crippen LogP contribution is -2.43. The Morgan fingerprint density at radius 1 is 0.925 bits per heavy atom. The molecule has 0 radical (unpaired) electrons. The van der Waals surface area contributed by atoms with Gasteiger partial charge < -0.3 is 4.74 Å². The SMILES string of the molecule is CC1=C(c2ccccc2C)C[C@@H](C)N(CC(F)F)[C@@H]1c1cnc(C)nc1.CCCC(CCC)(CCC)CCC.COc1c2c(cc(C(C)=O)c1CCC1CCC(=O)NC1=O)CN(CC(C)=O)C2. The van der Waals surface area contributed by atoms with Crippen molar-refractivity contribution in [2.24, 2.45) is 11.3 Å². The number of rotatable bonds is 19. The number of halogens is 2. The van der Waals surface area contributed by atoms with E-state index in [0.29, 0.717) is 67.9 Å². The van der Waals surface area contributed by atoms with Gasteiger partial charge in [-0.25, -0.2) is 18.7 Å². The Balaban J connectivity index is 0.000000234. The third-order valence-electron chi connectivity index (χ3n) is 13.8. The molecule has 3 aromatic rings. The molecule has 3 atom stereocenters. The van der Waals surface area contributed by atoms with E-state index in [1.807, 2.05) is 41.8 Å². The molecule has 0 spiro atoms. The Hall–Kier alpha value is -4.68. The summed E-state index contributed by atoms with van der Waals surface area (Å²) in [4.78, 5) is 59.7. The van der Waals surface area contributed by atoms with E-state index in [9.17, 15) is 28.0 Å². The van der Waals surface area contributed by atoms with E-state index in [4.69, 9.17) is 4.74 Å². The number of Topliss-reactive ketones (excluding diaryl/α,β-unsaturated/α-hetero) is 2. The van der Waals surface area contributed by atoms with Crippen molar-refractivity contribution in [3.63, 3.8) is 0 Å². The largest absolute Gasteiger partial charge is 0.496 e. The number of aryl methyl sites for hydroxylation is 2. The summed E-state index contributed by atoms with van der Waals surface area (Å²) >= 11 is 0. The van der Waals surface area contributed by atoms with Crippen LogP contribution < -0.4 is 10.1 Å². The van der Waals surface area contributed by atoms with Gasteiger partial charge in [-0.2, -0.15) is 0 Å². The molecule has 3 aliphatic rings. The maximum atomic E-state index is 13.3. The predicted molar refractivity (Wildman–Crippen MR) is 264 cm³/mol. The van der Waals surface area contributed by atoms with Crippen LogP contribution in [0.5, 0.6) is 5.75 Å². The summed E-state index contributed by atoms with van der Waals surface area (Å²) < 4.78 is 32.2. The quantitative estimate of drug-likeness (QED) is 0.0925. The lowest BCUT2D eigenvalue weighted by molar-refractivity contribution is -0.136. The summed E-state index contributed by atoms with van der Waals surface area (Å²) in [5.41, 5.74) is 9.74. The summed E-state index contributed by atoms with van der Waals surface area (Å²) in [6.07, 6.45) is 15.1. The molecule has 4 heterocycles. The standard InChI is InChI=1S/C21H25F2N3.C21H26N2O5.C13H28/c1-13-7-5-6-8-18(13)19-9-14(2)26(12-20(22)23)21(15(19)3)17-10-24-16(4)25-11-17;1-12(24)9-23-10-15-8-17(13(2)25)16(20(28-3)18(15)11-23)6-4-14-5-7-19(26)22-21(14)27;1-5-9-13(10-6-2,11-7-3)12-8-4/h5-8,10-11,14,20-21H,9,12H2,1-4H3;8,14H,4-7,9-11H2,1-3H3,(H,22,26,27);5-12H2,1-4H3/t14-,21+;;/m1../s1. The molecule has 1 N–H and O–H groups in total. The van der Waals surface area contributed by atoms with Crippen LogP contribution in [0.1, 0.15) is 188 Å². The van der Waals surface area contributed by atoms with Gasteiger partial charge in [-0.1, -0.05) is 77.6 Å². The highest BCUT2D eigenvalue weighted by Crippen LogP contribution is 2.44. The molecule has 0 aliphatic carbocycles. The van der Waals surface area contributed by atoms with E-state index >= 15 is 0 Å². The molecule has 12 heteroatoms. The number of carbonyl (C=O) groups excluding carboxylic acids is 4. The number of hydrogen-bond acceptors (Lipinski definition) is 9. The zero-order chi connectivity index (χ0) is 49.4. The second-order valence-electron chi connectivity index (χ2n) is 19.2. The number of amides is 2. The fourth-order valence-corrected chi connectivity index (χ4v) is 11.0. The van der Waals surface area contributed by atoms with Crippen molar-refractivity contribution in [3.8, 4) is 5.75 Å². The highest BCUT2D eigenvalue weighted by molar-refractivity contribution is 5.99. The molecule has 1 aromatic heterocycles. The minimum Gasteiger partial charge on any atom is -0.496 e. The monoisotopic (exact) mass is 928 g/mol. The zero-order valence-corrected chi connectivity index (χ0v) is 42.5. The number of alkyl halides is 2. The molecule has 2 aromatic carbocycles. The summed E-state index contributed by atoms with van der Waals surface area (Å²) in [5, 5.41) is 2.38. The average Bonchev–Trinajstić information content (AvgIpc) is 3.67. The first-order valence-electron chi connectivity index (χ1n) is 24.8. The number of ketones is 2. The van der Waals surface area contributed by atoms with E-state index in [1.54, 1.807) is 26.4 Å². The van der Waals surface area contributed by atoms with Gasteiger partial charge in [0.25, 0.3) is 6.43 Å². The lowest BCUT2D eigenvalue weighted by atomic mass is 9.72. The molecular weight excluding hydrogens is 849 g/mol. The molecule has 1 fully saturated rings. The van der Waals surface area contributed by atoms with E-state index < -0.39 is 6.43 Å². The van der Waals surface area contributed by atoms with Gasteiger partial charge in [0.05, 0.1) is 26.2 Å². The van der Waals surface area contributed by atoms with Crippen LogP contribution in [0.2, 0.25) is 0 Å². The Labute approximate surface area is 400 Å². The van der Waals surface area contributed by atoms with Crippen LogP contribution in [-0.2, 0) is 33.9 Å². The molecular formula is C55H79F2N5O5. The van der Waals surface area contributed by atoms with Crippen LogP contribution in [-0.4, -0.2) is 75.8 Å². The van der Waals surface area contributed by atoms with Gasteiger partial charge in [0.15, 0.2) is 5.78 Å². The first-order valence-corrected chi connectivity index (χ1v) is 24.8. The Kier molecular flexibility index (Phi) is 21.5. The van der Waals surface area contributed by atoms with Crippen LogP contribution in [0, 0.1) is 25.2 Å². The molecule has 10 nitrogen and oxygen atoms in total. The normalized spacial score (nSPS) is 18.7. The molecule has 0 saturated carbocycles. The van der Waals surface area contributed by atoms with Crippen molar-refractivity contribution in [1.82, 2.24) is 25.1 Å². The minimum atomic E-state index is -2.38. The Morgan fingerprint density at radius 2 is 1.54 bits per heavy atom. The first kappa shape index (κ1) is 54.9. The van der Waals surface area contributed by atoms with Crippen molar-refractivity contribution < 1.29 is 32.7 Å². The Morgan fingerprint density at radius 3 is 2.06 bits per heavy atom. The number of fused-ring (bicyclic) bond motifs is 1. The van der Waals surface area contributed by atoms with Crippen molar-refractivity contribution in [2.45, 2.75) is 184 Å². The first-order chi connectivity index (χ1) is 31.9. The molecule has 0 bridgehead atoms. The van der Waals surface area contributed by atoms with Gasteiger partial charge in [-0.15, -0.1) is 0 Å². The van der Waals surface area contributed by atoms with E-state index in [2.05, 4.69) is 69.0 Å². The number of imide groups is 1. The van der Waals surface area contributed by atoms with E-state index in [0.717, 1.165) is 34.2 Å². The fourth-order valence-electron chi connectivity index (χ4n) is 11.0. The van der Waals surface area contributed by atoms with Gasteiger partial charge >= 0.3 is 0 Å². The van der Waals surface area contributed by atoms with Crippen molar-refractivity contribution >= 4 is 29.0 Å². The number of benzene rings is 2. The molecule has 368 valence electrons. The van der Waals surface area contributed by atoms with Gasteiger partial charge in [-0.05, 0) is 132 Å². The Bertz CT molecular complexity index is 2140. The molecule has 3 aliphatic heterocycles. The number of carbonyl (C=O) groups is 4. The average molecular weight is 928 g/mol. The van der Waals surface area contributed by atoms with Crippen molar-refractivity contribution in [1.29, 1.82) is 0 Å². The van der Waals surface area contributed by atoms with Crippen molar-refractivity contribution in [3.05, 3.63) is 93.1 Å².